The fourth-order valence-electron chi connectivity index (χ4n) is 2.79. The molecule has 9 heteroatoms. The Bertz CT molecular complexity index is 919. The van der Waals surface area contributed by atoms with Gasteiger partial charge in [0.25, 0.3) is 0 Å². The molecule has 30 heavy (non-hydrogen) atoms. The van der Waals surface area contributed by atoms with Crippen molar-refractivity contribution < 1.29 is 28.2 Å². The maximum atomic E-state index is 12.7. The first-order valence-electron chi connectivity index (χ1n) is 9.33. The molecule has 0 saturated heterocycles. The van der Waals surface area contributed by atoms with Crippen molar-refractivity contribution in [2.45, 2.75) is 30.5 Å². The van der Waals surface area contributed by atoms with Crippen molar-refractivity contribution in [3.63, 3.8) is 0 Å². The number of carboxylic acid groups (broad SMARTS) is 1. The van der Waals surface area contributed by atoms with Crippen LogP contribution in [0, 0.1) is 0 Å². The molecular weight excluding hydrogens is 408 g/mol. The Hall–Kier alpha value is -2.88. The highest BCUT2D eigenvalue weighted by molar-refractivity contribution is 7.89. The predicted octanol–water partition coefficient (Wildman–Crippen LogP) is 2.99. The smallest absolute Gasteiger partial charge is 0.407 e. The SMILES string of the molecule is C[C@H](C=CO)N(C[C@H](COCc1ccccc1)NS(=O)(=O)c1ccccc1)C(=O)O. The number of ether oxygens (including phenoxy) is 1. The van der Waals surface area contributed by atoms with Crippen molar-refractivity contribution >= 4 is 16.1 Å². The van der Waals surface area contributed by atoms with E-state index in [0.717, 1.165) is 16.7 Å². The summed E-state index contributed by atoms with van der Waals surface area (Å²) in [4.78, 5) is 12.8. The van der Waals surface area contributed by atoms with Crippen LogP contribution in [0.5, 0.6) is 0 Å². The van der Waals surface area contributed by atoms with Crippen LogP contribution in [-0.4, -0.2) is 54.9 Å². The predicted molar refractivity (Wildman–Crippen MR) is 113 cm³/mol. The first kappa shape index (κ1) is 23.4. The molecule has 0 radical (unpaired) electrons. The topological polar surface area (TPSA) is 116 Å². The van der Waals surface area contributed by atoms with Crippen molar-refractivity contribution in [3.05, 3.63) is 78.6 Å². The number of aliphatic hydroxyl groups is 1. The molecule has 0 unspecified atom stereocenters. The number of aliphatic hydroxyl groups excluding tert-OH is 1. The number of nitrogens with one attached hydrogen (secondary N) is 1. The minimum atomic E-state index is -3.88. The zero-order valence-electron chi connectivity index (χ0n) is 16.6. The fraction of sp³-hybridized carbons (Fsp3) is 0.286. The summed E-state index contributed by atoms with van der Waals surface area (Å²) in [6.45, 7) is 1.62. The molecule has 0 saturated carbocycles. The molecule has 0 aliphatic heterocycles. The lowest BCUT2D eigenvalue weighted by molar-refractivity contribution is 0.0837. The number of benzene rings is 2. The third kappa shape index (κ3) is 7.18. The molecule has 0 spiro atoms. The van der Waals surface area contributed by atoms with Gasteiger partial charge < -0.3 is 19.8 Å². The highest BCUT2D eigenvalue weighted by atomic mass is 32.2. The van der Waals surface area contributed by atoms with Gasteiger partial charge in [0.15, 0.2) is 0 Å². The number of nitrogens with zero attached hydrogens (tertiary/aromatic N) is 1. The van der Waals surface area contributed by atoms with Crippen LogP contribution >= 0.6 is 0 Å². The summed E-state index contributed by atoms with van der Waals surface area (Å²) in [5, 5.41) is 18.5. The summed E-state index contributed by atoms with van der Waals surface area (Å²) < 4.78 is 33.7. The molecule has 162 valence electrons. The zero-order chi connectivity index (χ0) is 22.0. The van der Waals surface area contributed by atoms with E-state index < -0.39 is 28.2 Å². The summed E-state index contributed by atoms with van der Waals surface area (Å²) in [6.07, 6.45) is 0.810. The molecule has 2 rings (SSSR count). The Morgan fingerprint density at radius 3 is 2.30 bits per heavy atom. The summed E-state index contributed by atoms with van der Waals surface area (Å²) in [6, 6.07) is 15.7. The Labute approximate surface area is 176 Å². The maximum Gasteiger partial charge on any atom is 0.407 e. The first-order chi connectivity index (χ1) is 14.3. The Morgan fingerprint density at radius 2 is 1.73 bits per heavy atom. The zero-order valence-corrected chi connectivity index (χ0v) is 17.4. The minimum absolute atomic E-state index is 0.0414. The molecule has 0 aliphatic rings. The summed E-state index contributed by atoms with van der Waals surface area (Å²) >= 11 is 0. The van der Waals surface area contributed by atoms with Gasteiger partial charge >= 0.3 is 6.09 Å². The van der Waals surface area contributed by atoms with Gasteiger partial charge in [-0.15, -0.1) is 0 Å². The van der Waals surface area contributed by atoms with E-state index in [1.165, 1.54) is 18.2 Å². The summed E-state index contributed by atoms with van der Waals surface area (Å²) in [5.41, 5.74) is 0.911. The van der Waals surface area contributed by atoms with Crippen molar-refractivity contribution in [2.75, 3.05) is 13.2 Å². The number of carbonyl (C=O) groups is 1. The lowest BCUT2D eigenvalue weighted by Gasteiger charge is -2.29. The van der Waals surface area contributed by atoms with Gasteiger partial charge in [-0.1, -0.05) is 48.5 Å². The van der Waals surface area contributed by atoms with E-state index in [1.54, 1.807) is 25.1 Å². The normalized spacial score (nSPS) is 13.8. The maximum absolute atomic E-state index is 12.7. The van der Waals surface area contributed by atoms with Gasteiger partial charge in [0.1, 0.15) is 0 Å². The van der Waals surface area contributed by atoms with Gasteiger partial charge in [0.05, 0.1) is 36.5 Å². The van der Waals surface area contributed by atoms with Crippen molar-refractivity contribution in [3.8, 4) is 0 Å². The summed E-state index contributed by atoms with van der Waals surface area (Å²) in [5.74, 6) is 0. The van der Waals surface area contributed by atoms with Gasteiger partial charge in [0.2, 0.25) is 10.0 Å². The van der Waals surface area contributed by atoms with Gasteiger partial charge in [-0.2, -0.15) is 0 Å². The van der Waals surface area contributed by atoms with Crippen LogP contribution in [0.25, 0.3) is 0 Å². The largest absolute Gasteiger partial charge is 0.516 e. The molecule has 2 aromatic carbocycles. The number of amides is 1. The van der Waals surface area contributed by atoms with Crippen LogP contribution in [0.2, 0.25) is 0 Å². The van der Waals surface area contributed by atoms with E-state index in [9.17, 15) is 18.3 Å². The average molecular weight is 435 g/mol. The number of rotatable bonds is 11. The molecule has 1 amide bonds. The Kier molecular flexibility index (Phi) is 8.85. The monoisotopic (exact) mass is 434 g/mol. The second-order valence-electron chi connectivity index (χ2n) is 6.65. The highest BCUT2D eigenvalue weighted by Gasteiger charge is 2.26. The lowest BCUT2D eigenvalue weighted by Crippen LogP contribution is -2.50. The molecule has 3 N–H and O–H groups in total. The van der Waals surface area contributed by atoms with Crippen molar-refractivity contribution in [1.29, 1.82) is 0 Å². The molecule has 0 bridgehead atoms. The van der Waals surface area contributed by atoms with E-state index in [4.69, 9.17) is 9.84 Å². The van der Waals surface area contributed by atoms with Crippen LogP contribution in [0.15, 0.2) is 77.9 Å². The highest BCUT2D eigenvalue weighted by Crippen LogP contribution is 2.11. The molecule has 2 aromatic rings. The van der Waals surface area contributed by atoms with Gasteiger partial charge in [-0.25, -0.2) is 17.9 Å². The first-order valence-corrected chi connectivity index (χ1v) is 10.8. The minimum Gasteiger partial charge on any atom is -0.516 e. The molecule has 2 atom stereocenters. The van der Waals surface area contributed by atoms with Crippen LogP contribution < -0.4 is 4.72 Å². The van der Waals surface area contributed by atoms with Crippen molar-refractivity contribution in [2.24, 2.45) is 0 Å². The van der Waals surface area contributed by atoms with E-state index in [2.05, 4.69) is 4.72 Å². The van der Waals surface area contributed by atoms with Crippen LogP contribution in [-0.2, 0) is 21.4 Å². The average Bonchev–Trinajstić information content (AvgIpc) is 2.73. The third-order valence-electron chi connectivity index (χ3n) is 4.32. The molecule has 0 aromatic heterocycles. The third-order valence-corrected chi connectivity index (χ3v) is 5.86. The Balaban J connectivity index is 2.16. The van der Waals surface area contributed by atoms with Gasteiger partial charge in [0, 0.05) is 6.54 Å². The van der Waals surface area contributed by atoms with Crippen molar-refractivity contribution in [1.82, 2.24) is 9.62 Å². The number of sulfonamides is 1. The number of hydrogen-bond donors (Lipinski definition) is 3. The molecule has 0 fully saturated rings. The molecular formula is C21H26N2O6S. The molecule has 0 heterocycles. The standard InChI is InChI=1S/C21H26N2O6S/c1-17(12-13-24)23(21(25)26)14-19(16-29-15-18-8-4-2-5-9-18)22-30(27,28)20-10-6-3-7-11-20/h2-13,17,19,22,24H,14-16H2,1H3,(H,25,26)/t17-,19-/m1/s1. The Morgan fingerprint density at radius 1 is 1.13 bits per heavy atom. The molecule has 8 nitrogen and oxygen atoms in total. The van der Waals surface area contributed by atoms with Crippen LogP contribution in [0.4, 0.5) is 4.79 Å². The van der Waals surface area contributed by atoms with Gasteiger partial charge in [-0.3, -0.25) is 0 Å². The van der Waals surface area contributed by atoms with Gasteiger partial charge in [-0.05, 0) is 30.7 Å². The lowest BCUT2D eigenvalue weighted by atomic mass is 10.2. The van der Waals surface area contributed by atoms with E-state index >= 15 is 0 Å². The fourth-order valence-corrected chi connectivity index (χ4v) is 4.02. The van der Waals surface area contributed by atoms with E-state index in [1.807, 2.05) is 30.3 Å². The van der Waals surface area contributed by atoms with E-state index in [-0.39, 0.29) is 24.7 Å². The van der Waals surface area contributed by atoms with E-state index in [0.29, 0.717) is 0 Å². The number of hydrogen-bond acceptors (Lipinski definition) is 5. The second kappa shape index (κ2) is 11.3. The van der Waals surface area contributed by atoms with Crippen LogP contribution in [0.1, 0.15) is 12.5 Å². The quantitative estimate of drug-likeness (QED) is 0.468. The second-order valence-corrected chi connectivity index (χ2v) is 8.36. The molecule has 0 aliphatic carbocycles. The van der Waals surface area contributed by atoms with Crippen LogP contribution in [0.3, 0.4) is 0 Å². The summed E-state index contributed by atoms with van der Waals surface area (Å²) in [7, 11) is -3.88.